The largest absolute Gasteiger partial charge is 0.491 e. The van der Waals surface area contributed by atoms with E-state index >= 15 is 0 Å². The van der Waals surface area contributed by atoms with Gasteiger partial charge in [0, 0.05) is 17.1 Å². The molecule has 0 amide bonds. The van der Waals surface area contributed by atoms with Crippen LogP contribution in [0.5, 0.6) is 5.88 Å². The van der Waals surface area contributed by atoms with Crippen molar-refractivity contribution < 1.29 is 5.11 Å². The van der Waals surface area contributed by atoms with Crippen molar-refractivity contribution in [3.05, 3.63) is 74.0 Å². The molecule has 0 saturated carbocycles. The Morgan fingerprint density at radius 2 is 2.00 bits per heavy atom. The van der Waals surface area contributed by atoms with Crippen molar-refractivity contribution >= 4 is 23.0 Å². The zero-order valence-electron chi connectivity index (χ0n) is 13.8. The van der Waals surface area contributed by atoms with Gasteiger partial charge in [0.25, 0.3) is 11.4 Å². The standard InChI is InChI=1S/C19H16ClN3O2/c1-10-3-6-16(11(2)7-10)23-19(25)14-8-12-4-5-13(20)9-15(12)21-17(14)18(24)22-23/h3-7,9,21H,8H2,1-2H3,(H,22,24). The zero-order chi connectivity index (χ0) is 17.7. The summed E-state index contributed by atoms with van der Waals surface area (Å²) >= 11 is 6.03. The molecule has 25 heavy (non-hydrogen) atoms. The third-order valence-electron chi connectivity index (χ3n) is 4.45. The topological polar surface area (TPSA) is 67.1 Å². The van der Waals surface area contributed by atoms with Gasteiger partial charge in [-0.05, 0) is 43.2 Å². The molecular formula is C19H16ClN3O2. The van der Waals surface area contributed by atoms with Gasteiger partial charge in [-0.3, -0.25) is 4.79 Å². The molecule has 1 aliphatic heterocycles. The summed E-state index contributed by atoms with van der Waals surface area (Å²) in [4.78, 5) is 13.0. The van der Waals surface area contributed by atoms with Crippen LogP contribution in [0.25, 0.3) is 5.69 Å². The van der Waals surface area contributed by atoms with E-state index in [4.69, 9.17) is 11.6 Å². The molecule has 0 unspecified atom stereocenters. The second-order valence-corrected chi connectivity index (χ2v) is 6.72. The fraction of sp³-hybridized carbons (Fsp3) is 0.158. The average Bonchev–Trinajstić information content (AvgIpc) is 2.57. The minimum atomic E-state index is -0.243. The fourth-order valence-electron chi connectivity index (χ4n) is 3.21. The quantitative estimate of drug-likeness (QED) is 0.545. The van der Waals surface area contributed by atoms with Crippen molar-refractivity contribution in [2.75, 3.05) is 5.32 Å². The van der Waals surface area contributed by atoms with Crippen LogP contribution in [-0.2, 0) is 6.42 Å². The van der Waals surface area contributed by atoms with Crippen LogP contribution < -0.4 is 10.9 Å². The summed E-state index contributed by atoms with van der Waals surface area (Å²) in [7, 11) is 0. The van der Waals surface area contributed by atoms with E-state index in [0.717, 1.165) is 22.4 Å². The van der Waals surface area contributed by atoms with Crippen LogP contribution >= 0.6 is 11.6 Å². The zero-order valence-corrected chi connectivity index (χ0v) is 14.6. The van der Waals surface area contributed by atoms with Crippen LogP contribution in [0.15, 0.2) is 41.2 Å². The number of anilines is 2. The number of nitrogens with one attached hydrogen (secondary N) is 1. The van der Waals surface area contributed by atoms with Gasteiger partial charge in [-0.25, -0.2) is 0 Å². The van der Waals surface area contributed by atoms with Crippen LogP contribution in [0, 0.1) is 13.8 Å². The number of fused-ring (bicyclic) bond motifs is 2. The van der Waals surface area contributed by atoms with Crippen molar-refractivity contribution in [3.8, 4) is 11.6 Å². The number of aromatic hydroxyl groups is 1. The molecule has 2 heterocycles. The van der Waals surface area contributed by atoms with Crippen molar-refractivity contribution in [3.63, 3.8) is 0 Å². The van der Waals surface area contributed by atoms with Crippen molar-refractivity contribution in [2.24, 2.45) is 0 Å². The molecule has 2 N–H and O–H groups in total. The highest BCUT2D eigenvalue weighted by molar-refractivity contribution is 6.30. The molecule has 1 aliphatic rings. The normalized spacial score (nSPS) is 12.3. The molecule has 0 saturated heterocycles. The Morgan fingerprint density at radius 3 is 2.76 bits per heavy atom. The second-order valence-electron chi connectivity index (χ2n) is 6.29. The van der Waals surface area contributed by atoms with E-state index in [-0.39, 0.29) is 11.4 Å². The smallest absolute Gasteiger partial charge is 0.277 e. The third-order valence-corrected chi connectivity index (χ3v) is 4.69. The number of benzene rings is 2. The summed E-state index contributed by atoms with van der Waals surface area (Å²) in [6, 6.07) is 11.2. The number of nitrogens with zero attached hydrogens (tertiary/aromatic N) is 2. The first-order valence-corrected chi connectivity index (χ1v) is 8.30. The van der Waals surface area contributed by atoms with Crippen molar-refractivity contribution in [2.45, 2.75) is 20.3 Å². The first-order valence-electron chi connectivity index (χ1n) is 7.92. The van der Waals surface area contributed by atoms with E-state index in [1.807, 2.05) is 38.1 Å². The molecular weight excluding hydrogens is 338 g/mol. The summed E-state index contributed by atoms with van der Waals surface area (Å²) < 4.78 is 1.27. The molecule has 0 bridgehead atoms. The minimum Gasteiger partial charge on any atom is -0.491 e. The van der Waals surface area contributed by atoms with Gasteiger partial charge in [-0.15, -0.1) is 5.10 Å². The van der Waals surface area contributed by atoms with Crippen molar-refractivity contribution in [1.29, 1.82) is 0 Å². The lowest BCUT2D eigenvalue weighted by Crippen LogP contribution is -2.28. The van der Waals surface area contributed by atoms with E-state index in [1.54, 1.807) is 12.1 Å². The van der Waals surface area contributed by atoms with Crippen LogP contribution in [0.1, 0.15) is 22.3 Å². The molecule has 0 aliphatic carbocycles. The molecule has 0 fully saturated rings. The molecule has 6 heteroatoms. The maximum Gasteiger partial charge on any atom is 0.277 e. The maximum atomic E-state index is 13.0. The molecule has 126 valence electrons. The van der Waals surface area contributed by atoms with Crippen LogP contribution in [0.4, 0.5) is 11.4 Å². The molecule has 1 aromatic heterocycles. The number of hydrogen-bond acceptors (Lipinski definition) is 4. The molecule has 0 atom stereocenters. The van der Waals surface area contributed by atoms with Gasteiger partial charge in [-0.1, -0.05) is 35.4 Å². The molecule has 2 aromatic carbocycles. The average molecular weight is 354 g/mol. The Morgan fingerprint density at radius 1 is 1.20 bits per heavy atom. The van der Waals surface area contributed by atoms with E-state index in [1.165, 1.54) is 4.68 Å². The molecule has 0 radical (unpaired) electrons. The Balaban J connectivity index is 1.90. The van der Waals surface area contributed by atoms with E-state index in [0.29, 0.717) is 28.4 Å². The monoisotopic (exact) mass is 353 g/mol. The number of rotatable bonds is 1. The highest BCUT2D eigenvalue weighted by Crippen LogP contribution is 2.36. The first-order chi connectivity index (χ1) is 11.9. The van der Waals surface area contributed by atoms with Crippen LogP contribution in [-0.4, -0.2) is 14.9 Å². The predicted octanol–water partition coefficient (Wildman–Crippen LogP) is 3.86. The Bertz CT molecular complexity index is 1070. The first kappa shape index (κ1) is 15.7. The fourth-order valence-corrected chi connectivity index (χ4v) is 3.38. The number of aryl methyl sites for hydroxylation is 2. The molecule has 5 nitrogen and oxygen atoms in total. The van der Waals surface area contributed by atoms with Gasteiger partial charge < -0.3 is 10.4 Å². The summed E-state index contributed by atoms with van der Waals surface area (Å²) in [6.07, 6.45) is 0.411. The highest BCUT2D eigenvalue weighted by Gasteiger charge is 2.24. The van der Waals surface area contributed by atoms with Crippen molar-refractivity contribution in [1.82, 2.24) is 9.78 Å². The number of hydrogen-bond donors (Lipinski definition) is 2. The number of halogens is 1. The maximum absolute atomic E-state index is 13.0. The van der Waals surface area contributed by atoms with Gasteiger partial charge in [0.15, 0.2) is 0 Å². The minimum absolute atomic E-state index is 0.208. The lowest BCUT2D eigenvalue weighted by molar-refractivity contribution is 0.437. The lowest BCUT2D eigenvalue weighted by Gasteiger charge is -2.22. The van der Waals surface area contributed by atoms with Gasteiger partial charge in [0.05, 0.1) is 11.3 Å². The SMILES string of the molecule is Cc1ccc(-n2nc(O)c3c(c2=O)Cc2ccc(Cl)cc2N3)c(C)c1. The van der Waals surface area contributed by atoms with Gasteiger partial charge in [0.2, 0.25) is 0 Å². The lowest BCUT2D eigenvalue weighted by atomic mass is 9.99. The highest BCUT2D eigenvalue weighted by atomic mass is 35.5. The number of aromatic nitrogens is 2. The van der Waals surface area contributed by atoms with Gasteiger partial charge in [-0.2, -0.15) is 4.68 Å². The Hall–Kier alpha value is -2.79. The Labute approximate surface area is 149 Å². The van der Waals surface area contributed by atoms with Gasteiger partial charge in [0.1, 0.15) is 5.69 Å². The second kappa shape index (κ2) is 5.63. The van der Waals surface area contributed by atoms with E-state index < -0.39 is 0 Å². The summed E-state index contributed by atoms with van der Waals surface area (Å²) in [5.74, 6) is -0.208. The summed E-state index contributed by atoms with van der Waals surface area (Å²) in [5.41, 5.74) is 5.01. The van der Waals surface area contributed by atoms with E-state index in [2.05, 4.69) is 10.4 Å². The summed E-state index contributed by atoms with van der Waals surface area (Å²) in [5, 5.41) is 18.2. The third kappa shape index (κ3) is 2.57. The molecule has 3 aromatic rings. The van der Waals surface area contributed by atoms with Crippen LogP contribution in [0.2, 0.25) is 5.02 Å². The Kier molecular flexibility index (Phi) is 3.54. The molecule has 4 rings (SSSR count). The summed E-state index contributed by atoms with van der Waals surface area (Å²) in [6.45, 7) is 3.91. The van der Waals surface area contributed by atoms with E-state index in [9.17, 15) is 9.90 Å². The molecule has 0 spiro atoms. The van der Waals surface area contributed by atoms with Gasteiger partial charge >= 0.3 is 0 Å². The predicted molar refractivity (Wildman–Crippen MR) is 98.5 cm³/mol. The van der Waals surface area contributed by atoms with Crippen LogP contribution in [0.3, 0.4) is 0 Å².